The highest BCUT2D eigenvalue weighted by atomic mass is 32.1. The number of nitrogens with zero attached hydrogens (tertiary/aromatic N) is 5. The number of amides is 1. The number of piperidine rings is 1. The highest BCUT2D eigenvalue weighted by Crippen LogP contribution is 2.26. The first kappa shape index (κ1) is 16.0. The zero-order chi connectivity index (χ0) is 17.4. The van der Waals surface area contributed by atoms with E-state index in [0.29, 0.717) is 6.54 Å². The fourth-order valence-corrected chi connectivity index (χ4v) is 4.12. The minimum atomic E-state index is -0.0807. The van der Waals surface area contributed by atoms with Gasteiger partial charge in [-0.15, -0.1) is 10.2 Å². The molecule has 1 aliphatic rings. The number of carbonyl (C=O) groups excluding carboxylic acids is 1. The van der Waals surface area contributed by atoms with Gasteiger partial charge in [0, 0.05) is 36.3 Å². The number of likely N-dealkylation sites (tertiary alicyclic amines) is 1. The molecule has 3 aromatic heterocycles. The maximum absolute atomic E-state index is 12.7. The van der Waals surface area contributed by atoms with Crippen LogP contribution in [0, 0.1) is 6.92 Å². The summed E-state index contributed by atoms with van der Waals surface area (Å²) in [6, 6.07) is 5.82. The molecule has 1 amide bonds. The van der Waals surface area contributed by atoms with Gasteiger partial charge in [0.15, 0.2) is 5.65 Å². The highest BCUT2D eigenvalue weighted by Gasteiger charge is 2.28. The summed E-state index contributed by atoms with van der Waals surface area (Å²) in [4.78, 5) is 26.3. The van der Waals surface area contributed by atoms with E-state index in [1.807, 2.05) is 40.6 Å². The first-order valence-corrected chi connectivity index (χ1v) is 9.24. The second-order valence-electron chi connectivity index (χ2n) is 6.40. The van der Waals surface area contributed by atoms with Gasteiger partial charge in [-0.1, -0.05) is 17.4 Å². The lowest BCUT2D eigenvalue weighted by Crippen LogP contribution is -2.42. The molecular formula is C17H19N5O2S. The average molecular weight is 357 g/mol. The Morgan fingerprint density at radius 1 is 1.36 bits per heavy atom. The Labute approximate surface area is 148 Å². The summed E-state index contributed by atoms with van der Waals surface area (Å²) >= 11 is 1.13. The van der Waals surface area contributed by atoms with Crippen molar-refractivity contribution in [1.29, 1.82) is 0 Å². The highest BCUT2D eigenvalue weighted by molar-refractivity contribution is 7.07. The number of fused-ring (bicyclic) bond motifs is 1. The summed E-state index contributed by atoms with van der Waals surface area (Å²) in [6.45, 7) is 3.31. The van der Waals surface area contributed by atoms with Gasteiger partial charge in [0.05, 0.1) is 0 Å². The molecule has 0 saturated carbocycles. The Kier molecular flexibility index (Phi) is 4.12. The molecule has 25 heavy (non-hydrogen) atoms. The third kappa shape index (κ3) is 2.97. The average Bonchev–Trinajstić information content (AvgIpc) is 3.20. The predicted molar refractivity (Wildman–Crippen MR) is 94.9 cm³/mol. The van der Waals surface area contributed by atoms with Crippen LogP contribution < -0.4 is 4.87 Å². The zero-order valence-electron chi connectivity index (χ0n) is 14.0. The smallest absolute Gasteiger partial charge is 0.307 e. The van der Waals surface area contributed by atoms with Gasteiger partial charge in [0.25, 0.3) is 0 Å². The minimum absolute atomic E-state index is 0.0119. The monoisotopic (exact) mass is 357 g/mol. The molecule has 0 N–H and O–H groups in total. The van der Waals surface area contributed by atoms with Crippen LogP contribution >= 0.6 is 11.3 Å². The third-order valence-corrected chi connectivity index (χ3v) is 5.63. The van der Waals surface area contributed by atoms with E-state index in [0.717, 1.165) is 47.9 Å². The molecule has 1 atom stereocenters. The maximum atomic E-state index is 12.7. The number of hydrogen-bond donors (Lipinski definition) is 0. The van der Waals surface area contributed by atoms with Gasteiger partial charge in [0.1, 0.15) is 12.4 Å². The van der Waals surface area contributed by atoms with Crippen molar-refractivity contribution in [3.8, 4) is 0 Å². The number of aryl methyl sites for hydroxylation is 1. The van der Waals surface area contributed by atoms with E-state index in [1.54, 1.807) is 9.95 Å². The van der Waals surface area contributed by atoms with Crippen molar-refractivity contribution in [1.82, 2.24) is 24.1 Å². The fraction of sp³-hybridized carbons (Fsp3) is 0.412. The Bertz CT molecular complexity index is 973. The van der Waals surface area contributed by atoms with Crippen molar-refractivity contribution in [2.45, 2.75) is 32.2 Å². The van der Waals surface area contributed by atoms with Gasteiger partial charge in [-0.3, -0.25) is 18.6 Å². The molecule has 3 aromatic rings. The molecule has 7 nitrogen and oxygen atoms in total. The van der Waals surface area contributed by atoms with Gasteiger partial charge in [-0.05, 0) is 31.9 Å². The lowest BCUT2D eigenvalue weighted by molar-refractivity contribution is -0.133. The molecule has 0 bridgehead atoms. The van der Waals surface area contributed by atoms with E-state index in [2.05, 4.69) is 10.2 Å². The predicted octanol–water partition coefficient (Wildman–Crippen LogP) is 1.67. The van der Waals surface area contributed by atoms with Gasteiger partial charge in [0.2, 0.25) is 5.91 Å². The Hall–Kier alpha value is -2.48. The lowest BCUT2D eigenvalue weighted by Gasteiger charge is -2.32. The standard InChI is InChI=1S/C17H19N5O2S/c1-12-11-25-17(24)22(12)10-15(23)20-7-4-5-13(9-20)16-19-18-14-6-2-3-8-21(14)16/h2-3,6,8,11,13H,4-5,7,9-10H2,1H3/t13-/m1/s1. The topological polar surface area (TPSA) is 72.5 Å². The largest absolute Gasteiger partial charge is 0.340 e. The summed E-state index contributed by atoms with van der Waals surface area (Å²) in [5.74, 6) is 1.05. The third-order valence-electron chi connectivity index (χ3n) is 4.75. The Balaban J connectivity index is 1.53. The van der Waals surface area contributed by atoms with Crippen molar-refractivity contribution in [2.24, 2.45) is 0 Å². The van der Waals surface area contributed by atoms with Crippen LogP contribution in [0.4, 0.5) is 0 Å². The molecule has 1 saturated heterocycles. The van der Waals surface area contributed by atoms with E-state index in [4.69, 9.17) is 0 Å². The fourth-order valence-electron chi connectivity index (χ4n) is 3.38. The molecule has 1 fully saturated rings. The normalized spacial score (nSPS) is 18.0. The number of thiazole rings is 1. The molecular weight excluding hydrogens is 338 g/mol. The SMILES string of the molecule is Cc1csc(=O)n1CC(=O)N1CCC[C@@H](c2nnc3ccccn23)C1. The molecule has 0 radical (unpaired) electrons. The Morgan fingerprint density at radius 3 is 3.04 bits per heavy atom. The van der Waals surface area contributed by atoms with Crippen molar-refractivity contribution in [2.75, 3.05) is 13.1 Å². The lowest BCUT2D eigenvalue weighted by atomic mass is 9.97. The van der Waals surface area contributed by atoms with Crippen LogP contribution in [0.1, 0.15) is 30.3 Å². The molecule has 0 spiro atoms. The van der Waals surface area contributed by atoms with E-state index in [9.17, 15) is 9.59 Å². The molecule has 130 valence electrons. The number of rotatable bonds is 3. The number of pyridine rings is 1. The quantitative estimate of drug-likeness (QED) is 0.715. The van der Waals surface area contributed by atoms with Crippen LogP contribution in [-0.2, 0) is 11.3 Å². The Morgan fingerprint density at radius 2 is 2.24 bits per heavy atom. The molecule has 0 aliphatic carbocycles. The summed E-state index contributed by atoms with van der Waals surface area (Å²) in [7, 11) is 0. The van der Waals surface area contributed by atoms with E-state index >= 15 is 0 Å². The summed E-state index contributed by atoms with van der Waals surface area (Å²) < 4.78 is 3.54. The molecule has 4 rings (SSSR count). The van der Waals surface area contributed by atoms with E-state index in [1.165, 1.54) is 0 Å². The summed E-state index contributed by atoms with van der Waals surface area (Å²) in [5, 5.41) is 10.3. The number of aromatic nitrogens is 4. The molecule has 0 aromatic carbocycles. The van der Waals surface area contributed by atoms with Gasteiger partial charge in [-0.25, -0.2) is 0 Å². The number of hydrogen-bond acceptors (Lipinski definition) is 5. The van der Waals surface area contributed by atoms with Gasteiger partial charge < -0.3 is 4.90 Å². The first-order valence-electron chi connectivity index (χ1n) is 8.36. The van der Waals surface area contributed by atoms with E-state index < -0.39 is 0 Å². The molecule has 4 heterocycles. The van der Waals surface area contributed by atoms with Crippen LogP contribution in [0.2, 0.25) is 0 Å². The molecule has 1 aliphatic heterocycles. The van der Waals surface area contributed by atoms with Crippen molar-refractivity contribution in [3.05, 3.63) is 51.0 Å². The van der Waals surface area contributed by atoms with Crippen LogP contribution in [0.5, 0.6) is 0 Å². The van der Waals surface area contributed by atoms with Gasteiger partial charge in [-0.2, -0.15) is 0 Å². The minimum Gasteiger partial charge on any atom is -0.340 e. The first-order chi connectivity index (χ1) is 12.1. The van der Waals surface area contributed by atoms with Crippen molar-refractivity contribution in [3.63, 3.8) is 0 Å². The van der Waals surface area contributed by atoms with Crippen LogP contribution in [0.3, 0.4) is 0 Å². The van der Waals surface area contributed by atoms with Gasteiger partial charge >= 0.3 is 4.87 Å². The molecule has 0 unspecified atom stereocenters. The molecule has 8 heteroatoms. The van der Waals surface area contributed by atoms with Crippen molar-refractivity contribution < 1.29 is 4.79 Å². The maximum Gasteiger partial charge on any atom is 0.307 e. The summed E-state index contributed by atoms with van der Waals surface area (Å²) in [5.41, 5.74) is 1.65. The second kappa shape index (κ2) is 6.44. The second-order valence-corrected chi connectivity index (χ2v) is 7.22. The van der Waals surface area contributed by atoms with Crippen LogP contribution in [-0.4, -0.2) is 43.1 Å². The van der Waals surface area contributed by atoms with Crippen LogP contribution in [0.15, 0.2) is 34.6 Å². The summed E-state index contributed by atoms with van der Waals surface area (Å²) in [6.07, 6.45) is 3.87. The zero-order valence-corrected chi connectivity index (χ0v) is 14.8. The van der Waals surface area contributed by atoms with Crippen molar-refractivity contribution >= 4 is 22.9 Å². The van der Waals surface area contributed by atoms with Crippen LogP contribution in [0.25, 0.3) is 5.65 Å². The number of carbonyl (C=O) groups is 1. The van der Waals surface area contributed by atoms with E-state index in [-0.39, 0.29) is 23.2 Å².